The quantitative estimate of drug-likeness (QED) is 0.701. The van der Waals surface area contributed by atoms with Crippen LogP contribution in [0.1, 0.15) is 19.3 Å². The molecule has 0 aromatic carbocycles. The van der Waals surface area contributed by atoms with Crippen LogP contribution in [0.3, 0.4) is 0 Å². The number of nitrogens with one attached hydrogen (secondary N) is 1. The third kappa shape index (κ3) is 2.21. The van der Waals surface area contributed by atoms with E-state index in [9.17, 15) is 0 Å². The van der Waals surface area contributed by atoms with Gasteiger partial charge in [-0.05, 0) is 19.4 Å². The Morgan fingerprint density at radius 3 is 3.15 bits per heavy atom. The Balaban J connectivity index is 1.89. The lowest BCUT2D eigenvalue weighted by Gasteiger charge is -2.23. The molecule has 1 aliphatic rings. The predicted molar refractivity (Wildman–Crippen MR) is 52.3 cm³/mol. The SMILES string of the molecule is Nc1cnn(C[C@@H]2CCCCN2)c1. The number of rotatable bonds is 2. The second-order valence-electron chi connectivity index (χ2n) is 3.64. The summed E-state index contributed by atoms with van der Waals surface area (Å²) in [4.78, 5) is 0. The zero-order chi connectivity index (χ0) is 9.10. The number of nitrogens with two attached hydrogens (primary N) is 1. The first kappa shape index (κ1) is 8.56. The van der Waals surface area contributed by atoms with Crippen LogP contribution in [-0.4, -0.2) is 22.4 Å². The highest BCUT2D eigenvalue weighted by molar-refractivity contribution is 5.30. The molecule has 0 spiro atoms. The van der Waals surface area contributed by atoms with Gasteiger partial charge < -0.3 is 11.1 Å². The largest absolute Gasteiger partial charge is 0.396 e. The summed E-state index contributed by atoms with van der Waals surface area (Å²) in [7, 11) is 0. The fourth-order valence-electron chi connectivity index (χ4n) is 1.79. The number of nitrogen functional groups attached to an aromatic ring is 1. The van der Waals surface area contributed by atoms with E-state index in [1.807, 2.05) is 10.9 Å². The summed E-state index contributed by atoms with van der Waals surface area (Å²) in [6.07, 6.45) is 7.46. The molecular formula is C9H16N4. The molecule has 1 aliphatic heterocycles. The number of anilines is 1. The Bertz CT molecular complexity index is 262. The number of piperidine rings is 1. The molecule has 3 N–H and O–H groups in total. The number of nitrogens with zero attached hydrogens (tertiary/aromatic N) is 2. The van der Waals surface area contributed by atoms with E-state index >= 15 is 0 Å². The topological polar surface area (TPSA) is 55.9 Å². The van der Waals surface area contributed by atoms with Crippen molar-refractivity contribution in [3.63, 3.8) is 0 Å². The lowest BCUT2D eigenvalue weighted by Crippen LogP contribution is -2.37. The Morgan fingerprint density at radius 2 is 2.54 bits per heavy atom. The Morgan fingerprint density at radius 1 is 1.62 bits per heavy atom. The van der Waals surface area contributed by atoms with E-state index in [1.54, 1.807) is 6.20 Å². The third-order valence-electron chi connectivity index (χ3n) is 2.47. The van der Waals surface area contributed by atoms with Crippen molar-refractivity contribution in [1.29, 1.82) is 0 Å². The molecule has 1 saturated heterocycles. The molecule has 0 saturated carbocycles. The fraction of sp³-hybridized carbons (Fsp3) is 0.667. The average molecular weight is 180 g/mol. The van der Waals surface area contributed by atoms with Gasteiger partial charge in [-0.25, -0.2) is 0 Å². The monoisotopic (exact) mass is 180 g/mol. The molecule has 1 aromatic heterocycles. The van der Waals surface area contributed by atoms with Gasteiger partial charge in [0.1, 0.15) is 0 Å². The minimum atomic E-state index is 0.577. The molecule has 0 aliphatic carbocycles. The number of aromatic nitrogens is 2. The van der Waals surface area contributed by atoms with Crippen molar-refractivity contribution in [3.05, 3.63) is 12.4 Å². The van der Waals surface area contributed by atoms with Gasteiger partial charge in [-0.1, -0.05) is 6.42 Å². The van der Waals surface area contributed by atoms with E-state index in [4.69, 9.17) is 5.73 Å². The van der Waals surface area contributed by atoms with Crippen molar-refractivity contribution in [2.24, 2.45) is 0 Å². The summed E-state index contributed by atoms with van der Waals surface area (Å²) in [5.41, 5.74) is 6.33. The van der Waals surface area contributed by atoms with Gasteiger partial charge in [0, 0.05) is 12.2 Å². The minimum Gasteiger partial charge on any atom is -0.396 e. The van der Waals surface area contributed by atoms with Gasteiger partial charge in [-0.15, -0.1) is 0 Å². The molecule has 2 rings (SSSR count). The fourth-order valence-corrected chi connectivity index (χ4v) is 1.79. The molecule has 13 heavy (non-hydrogen) atoms. The van der Waals surface area contributed by atoms with Crippen molar-refractivity contribution in [3.8, 4) is 0 Å². The number of hydrogen-bond donors (Lipinski definition) is 2. The maximum Gasteiger partial charge on any atom is 0.0719 e. The molecule has 1 aromatic rings. The molecule has 1 atom stereocenters. The maximum atomic E-state index is 5.58. The second kappa shape index (κ2) is 3.79. The third-order valence-corrected chi connectivity index (χ3v) is 2.47. The second-order valence-corrected chi connectivity index (χ2v) is 3.64. The van der Waals surface area contributed by atoms with Crippen LogP contribution in [0.4, 0.5) is 5.69 Å². The molecule has 0 bridgehead atoms. The van der Waals surface area contributed by atoms with Crippen molar-refractivity contribution < 1.29 is 0 Å². The molecule has 4 heteroatoms. The minimum absolute atomic E-state index is 0.577. The number of hydrogen-bond acceptors (Lipinski definition) is 3. The van der Waals surface area contributed by atoms with Gasteiger partial charge in [-0.2, -0.15) is 5.10 Å². The highest BCUT2D eigenvalue weighted by Gasteiger charge is 2.12. The van der Waals surface area contributed by atoms with E-state index in [1.165, 1.54) is 19.3 Å². The van der Waals surface area contributed by atoms with Crippen LogP contribution >= 0.6 is 0 Å². The zero-order valence-electron chi connectivity index (χ0n) is 7.74. The summed E-state index contributed by atoms with van der Waals surface area (Å²) in [6.45, 7) is 2.08. The van der Waals surface area contributed by atoms with E-state index in [0.29, 0.717) is 6.04 Å². The van der Waals surface area contributed by atoms with Gasteiger partial charge in [-0.3, -0.25) is 4.68 Å². The van der Waals surface area contributed by atoms with Crippen LogP contribution < -0.4 is 11.1 Å². The smallest absolute Gasteiger partial charge is 0.0719 e. The van der Waals surface area contributed by atoms with Crippen LogP contribution in [0.2, 0.25) is 0 Å². The predicted octanol–water partition coefficient (Wildman–Crippen LogP) is 0.607. The average Bonchev–Trinajstić information content (AvgIpc) is 2.53. The molecule has 4 nitrogen and oxygen atoms in total. The first-order valence-electron chi connectivity index (χ1n) is 4.86. The highest BCUT2D eigenvalue weighted by Crippen LogP contribution is 2.09. The summed E-state index contributed by atoms with van der Waals surface area (Å²) in [5, 5.41) is 7.64. The van der Waals surface area contributed by atoms with Crippen molar-refractivity contribution >= 4 is 5.69 Å². The highest BCUT2D eigenvalue weighted by atomic mass is 15.3. The van der Waals surface area contributed by atoms with E-state index < -0.39 is 0 Å². The van der Waals surface area contributed by atoms with Crippen molar-refractivity contribution in [2.75, 3.05) is 12.3 Å². The van der Waals surface area contributed by atoms with E-state index in [2.05, 4.69) is 10.4 Å². The summed E-state index contributed by atoms with van der Waals surface area (Å²) in [5.74, 6) is 0. The molecule has 0 unspecified atom stereocenters. The van der Waals surface area contributed by atoms with Gasteiger partial charge in [0.25, 0.3) is 0 Å². The summed E-state index contributed by atoms with van der Waals surface area (Å²) < 4.78 is 1.92. The van der Waals surface area contributed by atoms with Crippen molar-refractivity contribution in [2.45, 2.75) is 31.8 Å². The summed E-state index contributed by atoms with van der Waals surface area (Å²) in [6, 6.07) is 0.577. The summed E-state index contributed by atoms with van der Waals surface area (Å²) >= 11 is 0. The van der Waals surface area contributed by atoms with Crippen LogP contribution in [0.5, 0.6) is 0 Å². The molecular weight excluding hydrogens is 164 g/mol. The van der Waals surface area contributed by atoms with E-state index in [-0.39, 0.29) is 0 Å². The Kier molecular flexibility index (Phi) is 2.49. The molecule has 72 valence electrons. The van der Waals surface area contributed by atoms with Gasteiger partial charge in [0.05, 0.1) is 18.4 Å². The van der Waals surface area contributed by atoms with Crippen LogP contribution in [0.25, 0.3) is 0 Å². The van der Waals surface area contributed by atoms with Crippen LogP contribution in [0.15, 0.2) is 12.4 Å². The first-order valence-corrected chi connectivity index (χ1v) is 4.86. The van der Waals surface area contributed by atoms with Gasteiger partial charge in [0.2, 0.25) is 0 Å². The molecule has 2 heterocycles. The van der Waals surface area contributed by atoms with Gasteiger partial charge >= 0.3 is 0 Å². The maximum absolute atomic E-state index is 5.58. The van der Waals surface area contributed by atoms with Crippen LogP contribution in [0, 0.1) is 0 Å². The normalized spacial score (nSPS) is 23.2. The first-order chi connectivity index (χ1) is 6.34. The standard InChI is InChI=1S/C9H16N4/c10-8-5-12-13(6-8)7-9-3-1-2-4-11-9/h5-6,9,11H,1-4,7,10H2/t9-/m0/s1. The molecule has 0 radical (unpaired) electrons. The van der Waals surface area contributed by atoms with E-state index in [0.717, 1.165) is 18.8 Å². The lowest BCUT2D eigenvalue weighted by atomic mass is 10.1. The Labute approximate surface area is 78.1 Å². The lowest BCUT2D eigenvalue weighted by molar-refractivity contribution is 0.351. The van der Waals surface area contributed by atoms with Gasteiger partial charge in [0.15, 0.2) is 0 Å². The Hall–Kier alpha value is -1.03. The molecule has 0 amide bonds. The zero-order valence-corrected chi connectivity index (χ0v) is 7.74. The van der Waals surface area contributed by atoms with Crippen molar-refractivity contribution in [1.82, 2.24) is 15.1 Å². The molecule has 1 fully saturated rings. The van der Waals surface area contributed by atoms with Crippen LogP contribution in [-0.2, 0) is 6.54 Å².